The van der Waals surface area contributed by atoms with E-state index in [-0.39, 0.29) is 24.3 Å². The number of nitrogens with one attached hydrogen (secondary N) is 3. The largest absolute Gasteiger partial charge is 0.351 e. The Hall–Kier alpha value is -3.82. The topological polar surface area (TPSA) is 126 Å². The molecule has 0 radical (unpaired) electrons. The molecule has 10 heteroatoms. The zero-order chi connectivity index (χ0) is 22.1. The highest BCUT2D eigenvalue weighted by atomic mass is 16.2. The molecule has 3 N–H and O–H groups in total. The Bertz CT molecular complexity index is 1200. The average molecular weight is 432 g/mol. The van der Waals surface area contributed by atoms with Crippen LogP contribution in [0.5, 0.6) is 0 Å². The van der Waals surface area contributed by atoms with Crippen LogP contribution in [0.2, 0.25) is 0 Å². The molecule has 1 unspecified atom stereocenters. The van der Waals surface area contributed by atoms with Gasteiger partial charge in [-0.2, -0.15) is 19.6 Å². The van der Waals surface area contributed by atoms with Gasteiger partial charge in [0.1, 0.15) is 0 Å². The molecule has 0 spiro atoms. The molecule has 2 fully saturated rings. The number of carbonyl (C=O) groups is 2. The van der Waals surface area contributed by atoms with Gasteiger partial charge in [-0.1, -0.05) is 13.3 Å². The van der Waals surface area contributed by atoms with Crippen molar-refractivity contribution in [2.75, 3.05) is 10.6 Å². The molecule has 0 bridgehead atoms. The number of rotatable bonds is 8. The number of imide groups is 1. The highest BCUT2D eigenvalue weighted by molar-refractivity contribution is 6.15. The third-order valence-corrected chi connectivity index (χ3v) is 5.52. The number of hydrogen-bond donors (Lipinski definition) is 3. The minimum absolute atomic E-state index is 0.0298. The Balaban J connectivity index is 1.54. The third kappa shape index (κ3) is 4.16. The Labute approximate surface area is 184 Å². The first-order valence-electron chi connectivity index (χ1n) is 10.8. The third-order valence-electron chi connectivity index (χ3n) is 5.52. The van der Waals surface area contributed by atoms with E-state index < -0.39 is 0 Å². The molecular weight excluding hydrogens is 408 g/mol. The molecule has 2 amide bonds. The summed E-state index contributed by atoms with van der Waals surface area (Å²) in [6, 6.07) is 4.37. The predicted molar refractivity (Wildman–Crippen MR) is 119 cm³/mol. The van der Waals surface area contributed by atoms with Crippen molar-refractivity contribution in [3.8, 4) is 0 Å². The van der Waals surface area contributed by atoms with Crippen LogP contribution < -0.4 is 16.0 Å². The van der Waals surface area contributed by atoms with Gasteiger partial charge in [0.05, 0.1) is 18.7 Å². The summed E-state index contributed by atoms with van der Waals surface area (Å²) < 4.78 is 1.64. The molecule has 2 aliphatic rings. The van der Waals surface area contributed by atoms with E-state index in [2.05, 4.69) is 33.0 Å². The lowest BCUT2D eigenvalue weighted by Crippen LogP contribution is -2.19. The molecule has 1 saturated carbocycles. The van der Waals surface area contributed by atoms with Gasteiger partial charge in [0.25, 0.3) is 5.91 Å². The van der Waals surface area contributed by atoms with E-state index in [0.717, 1.165) is 31.2 Å². The molecule has 1 aliphatic heterocycles. The van der Waals surface area contributed by atoms with Crippen LogP contribution in [0, 0.1) is 0 Å². The highest BCUT2D eigenvalue weighted by Crippen LogP contribution is 2.28. The SMILES string of the molecule is CCCC(Nc1nc(NC2CC2)n2ncc(/C=C3\CC(=O)NC3=O)c2n1)c1ccncc1. The number of aromatic nitrogens is 5. The maximum absolute atomic E-state index is 12.0. The number of amides is 2. The van der Waals surface area contributed by atoms with Crippen molar-refractivity contribution in [2.45, 2.75) is 51.1 Å². The van der Waals surface area contributed by atoms with Crippen molar-refractivity contribution in [2.24, 2.45) is 0 Å². The monoisotopic (exact) mass is 432 g/mol. The molecule has 32 heavy (non-hydrogen) atoms. The lowest BCUT2D eigenvalue weighted by atomic mass is 10.0. The molecular formula is C22H24N8O2. The molecule has 1 saturated heterocycles. The summed E-state index contributed by atoms with van der Waals surface area (Å²) in [4.78, 5) is 37.1. The molecule has 10 nitrogen and oxygen atoms in total. The number of anilines is 2. The first-order valence-corrected chi connectivity index (χ1v) is 10.8. The molecule has 164 valence electrons. The Morgan fingerprint density at radius 3 is 2.75 bits per heavy atom. The maximum Gasteiger partial charge on any atom is 0.254 e. The lowest BCUT2D eigenvalue weighted by Gasteiger charge is -2.19. The average Bonchev–Trinajstić information content (AvgIpc) is 3.42. The van der Waals surface area contributed by atoms with Gasteiger partial charge in [-0.25, -0.2) is 0 Å². The van der Waals surface area contributed by atoms with Gasteiger partial charge in [-0.3, -0.25) is 19.9 Å². The second-order valence-electron chi connectivity index (χ2n) is 8.11. The normalized spacial score (nSPS) is 18.2. The molecule has 5 rings (SSSR count). The van der Waals surface area contributed by atoms with Crippen LogP contribution >= 0.6 is 0 Å². The van der Waals surface area contributed by atoms with Crippen LogP contribution in [-0.4, -0.2) is 42.4 Å². The van der Waals surface area contributed by atoms with Crippen molar-refractivity contribution >= 4 is 35.4 Å². The van der Waals surface area contributed by atoms with Gasteiger partial charge in [0.2, 0.25) is 17.8 Å². The van der Waals surface area contributed by atoms with E-state index in [1.165, 1.54) is 0 Å². The van der Waals surface area contributed by atoms with Gasteiger partial charge in [-0.05, 0) is 43.0 Å². The van der Waals surface area contributed by atoms with E-state index in [1.54, 1.807) is 29.2 Å². The number of nitrogens with zero attached hydrogens (tertiary/aromatic N) is 5. The molecule has 4 heterocycles. The van der Waals surface area contributed by atoms with E-state index in [4.69, 9.17) is 9.97 Å². The Morgan fingerprint density at radius 2 is 2.06 bits per heavy atom. The molecule has 1 atom stereocenters. The van der Waals surface area contributed by atoms with Crippen LogP contribution in [0.1, 0.15) is 56.2 Å². The Morgan fingerprint density at radius 1 is 1.25 bits per heavy atom. The van der Waals surface area contributed by atoms with Gasteiger partial charge < -0.3 is 10.6 Å². The number of pyridine rings is 1. The predicted octanol–water partition coefficient (Wildman–Crippen LogP) is 2.48. The minimum atomic E-state index is -0.376. The smallest absolute Gasteiger partial charge is 0.254 e. The highest BCUT2D eigenvalue weighted by Gasteiger charge is 2.26. The number of hydrogen-bond acceptors (Lipinski definition) is 8. The summed E-state index contributed by atoms with van der Waals surface area (Å²) in [6.45, 7) is 2.13. The molecule has 1 aliphatic carbocycles. The van der Waals surface area contributed by atoms with E-state index >= 15 is 0 Å². The number of carbonyl (C=O) groups excluding carboxylic acids is 2. The van der Waals surface area contributed by atoms with E-state index in [0.29, 0.717) is 34.7 Å². The fourth-order valence-corrected chi connectivity index (χ4v) is 3.74. The first kappa shape index (κ1) is 20.1. The summed E-state index contributed by atoms with van der Waals surface area (Å²) in [5.41, 5.74) is 2.73. The quantitative estimate of drug-likeness (QED) is 0.366. The lowest BCUT2D eigenvalue weighted by molar-refractivity contribution is -0.124. The van der Waals surface area contributed by atoms with E-state index in [1.807, 2.05) is 12.1 Å². The molecule has 3 aromatic rings. The van der Waals surface area contributed by atoms with E-state index in [9.17, 15) is 9.59 Å². The summed E-state index contributed by atoms with van der Waals surface area (Å²) in [5, 5.41) is 13.6. The van der Waals surface area contributed by atoms with Crippen LogP contribution in [0.15, 0.2) is 36.3 Å². The van der Waals surface area contributed by atoms with Crippen molar-refractivity contribution in [3.05, 3.63) is 47.4 Å². The van der Waals surface area contributed by atoms with Crippen molar-refractivity contribution in [1.29, 1.82) is 0 Å². The summed E-state index contributed by atoms with van der Waals surface area (Å²) in [6.07, 6.45) is 11.0. The zero-order valence-electron chi connectivity index (χ0n) is 17.7. The maximum atomic E-state index is 12.0. The fraction of sp³-hybridized carbons (Fsp3) is 0.364. The van der Waals surface area contributed by atoms with Crippen LogP contribution in [0.25, 0.3) is 11.7 Å². The molecule has 3 aromatic heterocycles. The van der Waals surface area contributed by atoms with Gasteiger partial charge in [0.15, 0.2) is 5.65 Å². The minimum Gasteiger partial charge on any atom is -0.351 e. The summed E-state index contributed by atoms with van der Waals surface area (Å²) in [5.74, 6) is 0.397. The van der Waals surface area contributed by atoms with Gasteiger partial charge >= 0.3 is 0 Å². The van der Waals surface area contributed by atoms with Crippen LogP contribution in [0.4, 0.5) is 11.9 Å². The zero-order valence-corrected chi connectivity index (χ0v) is 17.7. The van der Waals surface area contributed by atoms with Crippen LogP contribution in [-0.2, 0) is 9.59 Å². The molecule has 0 aromatic carbocycles. The van der Waals surface area contributed by atoms with Crippen molar-refractivity contribution in [3.63, 3.8) is 0 Å². The van der Waals surface area contributed by atoms with Crippen molar-refractivity contribution in [1.82, 2.24) is 29.9 Å². The fourth-order valence-electron chi connectivity index (χ4n) is 3.74. The van der Waals surface area contributed by atoms with Crippen LogP contribution in [0.3, 0.4) is 0 Å². The second-order valence-corrected chi connectivity index (χ2v) is 8.11. The second kappa shape index (κ2) is 8.37. The number of fused-ring (bicyclic) bond motifs is 1. The van der Waals surface area contributed by atoms with Crippen molar-refractivity contribution < 1.29 is 9.59 Å². The van der Waals surface area contributed by atoms with Gasteiger partial charge in [0, 0.05) is 29.6 Å². The first-order chi connectivity index (χ1) is 15.6. The van der Waals surface area contributed by atoms with Gasteiger partial charge in [-0.15, -0.1) is 0 Å². The summed E-state index contributed by atoms with van der Waals surface area (Å²) >= 11 is 0. The summed E-state index contributed by atoms with van der Waals surface area (Å²) in [7, 11) is 0. The standard InChI is InChI=1S/C22H24N8O2/c1-2-3-17(13-6-8-23-9-7-13)26-21-28-19-15(10-14-11-18(31)27-20(14)32)12-24-30(19)22(29-21)25-16-4-5-16/h6-10,12,16-17H,2-5,11H2,1H3,(H,27,31,32)(H2,25,26,28,29)/b14-10+. The Kier molecular flexibility index (Phi) is 5.26.